The van der Waals surface area contributed by atoms with Gasteiger partial charge in [0.2, 0.25) is 0 Å². The molecule has 84 heavy (non-hydrogen) atoms. The topological polar surface area (TPSA) is 26.3 Å². The summed E-state index contributed by atoms with van der Waals surface area (Å²) < 4.78 is 14.6. The number of benzene rings is 12. The van der Waals surface area contributed by atoms with E-state index in [1.54, 1.807) is 0 Å². The van der Waals surface area contributed by atoms with E-state index in [-0.39, 0.29) is 33.5 Å². The van der Waals surface area contributed by atoms with Crippen molar-refractivity contribution in [2.45, 2.75) is 83.0 Å². The number of allylic oxidation sites excluding steroid dienone is 4. The van der Waals surface area contributed by atoms with Crippen LogP contribution in [0.4, 0.5) is 0 Å². The molecule has 12 aromatic carbocycles. The Balaban J connectivity index is 0.792. The van der Waals surface area contributed by atoms with Crippen molar-refractivity contribution in [1.29, 1.82) is 0 Å². The van der Waals surface area contributed by atoms with Crippen LogP contribution in [0.2, 0.25) is 0 Å². The second kappa shape index (κ2) is 15.5. The van der Waals surface area contributed by atoms with Gasteiger partial charge < -0.3 is 8.83 Å². The number of hydrogen-bond donors (Lipinski definition) is 0. The average Bonchev–Trinajstić information content (AvgIpc) is 1.64. The van der Waals surface area contributed by atoms with Crippen molar-refractivity contribution in [2.75, 3.05) is 0 Å². The van der Waals surface area contributed by atoms with Crippen LogP contribution in [-0.2, 0) is 21.7 Å². The maximum atomic E-state index is 7.28. The molecule has 0 radical (unpaired) electrons. The van der Waals surface area contributed by atoms with Gasteiger partial charge in [-0.05, 0) is 186 Å². The Kier molecular flexibility index (Phi) is 8.72. The van der Waals surface area contributed by atoms with Crippen LogP contribution in [0.25, 0.3) is 137 Å². The fourth-order valence-corrected chi connectivity index (χ4v) is 17.9. The van der Waals surface area contributed by atoms with Gasteiger partial charge in [-0.2, -0.15) is 0 Å². The van der Waals surface area contributed by atoms with Crippen LogP contribution in [-0.4, -0.2) is 0 Å². The lowest BCUT2D eigenvalue weighted by atomic mass is 9.72. The van der Waals surface area contributed by atoms with Crippen molar-refractivity contribution < 1.29 is 8.83 Å². The number of hydrogen-bond acceptors (Lipinski definition) is 2. The van der Waals surface area contributed by atoms with E-state index in [9.17, 15) is 0 Å². The van der Waals surface area contributed by atoms with Gasteiger partial charge in [-0.15, -0.1) is 0 Å². The molecule has 2 nitrogen and oxygen atoms in total. The van der Waals surface area contributed by atoms with E-state index in [2.05, 4.69) is 262 Å². The third kappa shape index (κ3) is 5.60. The zero-order valence-electron chi connectivity index (χ0n) is 48.6. The molecule has 19 rings (SSSR count). The van der Waals surface area contributed by atoms with Crippen molar-refractivity contribution >= 4 is 92.5 Å². The van der Waals surface area contributed by atoms with Crippen LogP contribution >= 0.6 is 0 Å². The van der Waals surface area contributed by atoms with Gasteiger partial charge in [0.15, 0.2) is 0 Å². The highest BCUT2D eigenvalue weighted by Crippen LogP contribution is 2.64. The fourth-order valence-electron chi connectivity index (χ4n) is 17.9. The second-order valence-corrected chi connectivity index (χ2v) is 27.4. The van der Waals surface area contributed by atoms with Gasteiger partial charge in [-0.3, -0.25) is 0 Å². The lowest BCUT2D eigenvalue weighted by Crippen LogP contribution is -2.25. The molecule has 5 aliphatic carbocycles. The molecule has 2 heterocycles. The van der Waals surface area contributed by atoms with Gasteiger partial charge in [0, 0.05) is 54.8 Å². The summed E-state index contributed by atoms with van der Waals surface area (Å²) in [7, 11) is 0. The Morgan fingerprint density at radius 1 is 0.345 bits per heavy atom. The molecule has 0 saturated heterocycles. The van der Waals surface area contributed by atoms with E-state index in [4.69, 9.17) is 8.83 Å². The Hall–Kier alpha value is -9.24. The highest BCUT2D eigenvalue weighted by molar-refractivity contribution is 6.22. The van der Waals surface area contributed by atoms with Crippen LogP contribution < -0.4 is 0 Å². The SMILES string of the molecule is CC1(C)c2cc3c(cc2-c2c1cc(C1=CC4C(C=C1)c1c(c5ccccc5c5ccccc15)C4(C)C)c1c2oc2ccccc21)C(C)(C)c1cc(-c2ccc4c(c2)C(C)(C)c2c-4c4ccccc4c4ccccc24)c2c(oc4ccccc42)c1-3. The molecule has 0 bridgehead atoms. The molecule has 14 aromatic rings. The Morgan fingerprint density at radius 3 is 1.37 bits per heavy atom. The van der Waals surface area contributed by atoms with Gasteiger partial charge in [-0.1, -0.05) is 219 Å². The molecule has 0 spiro atoms. The monoisotopic (exact) mass is 1080 g/mol. The maximum absolute atomic E-state index is 7.28. The van der Waals surface area contributed by atoms with Crippen molar-refractivity contribution in [3.05, 3.63) is 256 Å². The van der Waals surface area contributed by atoms with Crippen LogP contribution in [0, 0.1) is 5.92 Å². The number of fused-ring (bicyclic) bond motifs is 30. The summed E-state index contributed by atoms with van der Waals surface area (Å²) in [5.41, 5.74) is 26.4. The standard InChI is InChI=1S/C82H60O2/c1-79(2)63-41-60-64(42-59(63)73-65(79)39-57(71-55-29-17-19-31-67(55)83-77(71)73)43-33-35-53-61(37-43)81(5,6)75-51-27-15-11-23-47(51)45-21-9-13-25-49(45)69(53)75)80(3,4)66-40-58(72-56-30-18-20-32-68(56)84-78(72)74(60)66)44-34-36-54-62(38-44)82(7,8)76-52-28-16-12-24-48(52)46-22-10-14-26-50(46)70(54)76/h9-42,53,61H,1-8H3. The fraction of sp³-hybridized carbons (Fsp3) is 0.171. The highest BCUT2D eigenvalue weighted by atomic mass is 16.3. The van der Waals surface area contributed by atoms with Gasteiger partial charge in [0.25, 0.3) is 0 Å². The molecule has 400 valence electrons. The zero-order chi connectivity index (χ0) is 56.2. The summed E-state index contributed by atoms with van der Waals surface area (Å²) in [4.78, 5) is 0. The largest absolute Gasteiger partial charge is 0.455 e. The first-order chi connectivity index (χ1) is 40.7. The summed E-state index contributed by atoms with van der Waals surface area (Å²) >= 11 is 0. The normalized spacial score (nSPS) is 18.6. The lowest BCUT2D eigenvalue weighted by molar-refractivity contribution is 0.397. The van der Waals surface area contributed by atoms with Crippen molar-refractivity contribution in [3.8, 4) is 44.5 Å². The third-order valence-corrected chi connectivity index (χ3v) is 21.8. The molecular formula is C82H60O2. The van der Waals surface area contributed by atoms with E-state index in [0.717, 1.165) is 33.1 Å². The van der Waals surface area contributed by atoms with Crippen LogP contribution in [0.3, 0.4) is 0 Å². The second-order valence-electron chi connectivity index (χ2n) is 27.4. The molecule has 2 atom stereocenters. The van der Waals surface area contributed by atoms with Gasteiger partial charge in [0.1, 0.15) is 22.3 Å². The predicted molar refractivity (Wildman–Crippen MR) is 352 cm³/mol. The summed E-state index contributed by atoms with van der Waals surface area (Å²) in [6, 6.07) is 71.2. The number of rotatable bonds is 2. The quantitative estimate of drug-likeness (QED) is 0.161. The van der Waals surface area contributed by atoms with Crippen molar-refractivity contribution in [1.82, 2.24) is 0 Å². The van der Waals surface area contributed by atoms with Crippen LogP contribution in [0.5, 0.6) is 0 Å². The minimum atomic E-state index is -0.359. The van der Waals surface area contributed by atoms with Crippen LogP contribution in [0.1, 0.15) is 111 Å². The molecule has 2 aromatic heterocycles. The van der Waals surface area contributed by atoms with E-state index in [1.165, 1.54) is 154 Å². The molecule has 2 unspecified atom stereocenters. The van der Waals surface area contributed by atoms with E-state index in [1.807, 2.05) is 0 Å². The maximum Gasteiger partial charge on any atom is 0.144 e. The minimum absolute atomic E-state index is 0.116. The molecular weight excluding hydrogens is 1020 g/mol. The summed E-state index contributed by atoms with van der Waals surface area (Å²) in [6.07, 6.45) is 7.62. The first-order valence-corrected chi connectivity index (χ1v) is 30.3. The Bertz CT molecular complexity index is 5500. The first-order valence-electron chi connectivity index (χ1n) is 30.3. The number of para-hydroxylation sites is 2. The third-order valence-electron chi connectivity index (χ3n) is 21.8. The van der Waals surface area contributed by atoms with Crippen molar-refractivity contribution in [3.63, 3.8) is 0 Å². The zero-order valence-corrected chi connectivity index (χ0v) is 48.6. The van der Waals surface area contributed by atoms with Gasteiger partial charge >= 0.3 is 0 Å². The molecule has 0 amide bonds. The van der Waals surface area contributed by atoms with Crippen LogP contribution in [0.15, 0.2) is 215 Å². The first kappa shape index (κ1) is 47.3. The molecule has 5 aliphatic rings. The van der Waals surface area contributed by atoms with Crippen molar-refractivity contribution in [2.24, 2.45) is 5.92 Å². The van der Waals surface area contributed by atoms with E-state index < -0.39 is 0 Å². The summed E-state index contributed by atoms with van der Waals surface area (Å²) in [6.45, 7) is 19.6. The molecule has 2 heteroatoms. The van der Waals surface area contributed by atoms with Gasteiger partial charge in [0.05, 0.1) is 0 Å². The summed E-state index contributed by atoms with van der Waals surface area (Å²) in [5.74, 6) is 0.533. The smallest absolute Gasteiger partial charge is 0.144 e. The Morgan fingerprint density at radius 2 is 0.786 bits per heavy atom. The summed E-state index contributed by atoms with van der Waals surface area (Å²) in [5, 5.41) is 15.4. The number of furan rings is 2. The molecule has 0 aliphatic heterocycles. The average molecular weight is 1080 g/mol. The Labute approximate surface area is 488 Å². The van der Waals surface area contributed by atoms with E-state index >= 15 is 0 Å². The predicted octanol–water partition coefficient (Wildman–Crippen LogP) is 22.3. The minimum Gasteiger partial charge on any atom is -0.455 e. The van der Waals surface area contributed by atoms with E-state index in [0.29, 0.717) is 0 Å². The van der Waals surface area contributed by atoms with Gasteiger partial charge in [-0.25, -0.2) is 0 Å². The lowest BCUT2D eigenvalue weighted by Gasteiger charge is -2.31. The molecule has 0 fully saturated rings. The highest BCUT2D eigenvalue weighted by Gasteiger charge is 2.49. The molecule has 0 N–H and O–H groups in total. The molecule has 0 saturated carbocycles.